The standard InChI is InChI=1S/C17H22N2O3/c1-11-8-19-9-13(7-14(19)10-22-11)18-17(21)16-6-4-3-5-15(16)12(2)20/h3-6,11,13-14H,7-10H2,1-2H3,(H,18,21)/t11-,13+,14-/m0/s1. The van der Waals surface area contributed by atoms with Crippen molar-refractivity contribution in [2.45, 2.75) is 38.5 Å². The molecule has 118 valence electrons. The van der Waals surface area contributed by atoms with Gasteiger partial charge in [0.25, 0.3) is 5.91 Å². The molecule has 3 atom stereocenters. The molecule has 0 bridgehead atoms. The number of hydrogen-bond donors (Lipinski definition) is 1. The number of amides is 1. The van der Waals surface area contributed by atoms with Crippen LogP contribution in [0.2, 0.25) is 0 Å². The van der Waals surface area contributed by atoms with Gasteiger partial charge in [-0.05, 0) is 26.3 Å². The van der Waals surface area contributed by atoms with Crippen LogP contribution in [0.3, 0.4) is 0 Å². The molecule has 1 amide bonds. The summed E-state index contributed by atoms with van der Waals surface area (Å²) in [4.78, 5) is 26.5. The van der Waals surface area contributed by atoms with Crippen molar-refractivity contribution in [2.24, 2.45) is 0 Å². The van der Waals surface area contributed by atoms with Crippen LogP contribution >= 0.6 is 0 Å². The summed E-state index contributed by atoms with van der Waals surface area (Å²) in [6.07, 6.45) is 1.16. The van der Waals surface area contributed by atoms with E-state index in [1.807, 2.05) is 0 Å². The summed E-state index contributed by atoms with van der Waals surface area (Å²) in [5.74, 6) is -0.249. The van der Waals surface area contributed by atoms with Crippen LogP contribution in [0.25, 0.3) is 0 Å². The van der Waals surface area contributed by atoms with Crippen molar-refractivity contribution in [3.63, 3.8) is 0 Å². The van der Waals surface area contributed by atoms with E-state index >= 15 is 0 Å². The maximum atomic E-state index is 12.5. The van der Waals surface area contributed by atoms with Crippen LogP contribution in [-0.4, -0.2) is 54.5 Å². The van der Waals surface area contributed by atoms with Crippen LogP contribution in [0, 0.1) is 0 Å². The fourth-order valence-corrected chi connectivity index (χ4v) is 3.40. The van der Waals surface area contributed by atoms with E-state index < -0.39 is 0 Å². The van der Waals surface area contributed by atoms with E-state index in [2.05, 4.69) is 17.1 Å². The van der Waals surface area contributed by atoms with Crippen molar-refractivity contribution in [1.29, 1.82) is 0 Å². The summed E-state index contributed by atoms with van der Waals surface area (Å²) in [5, 5.41) is 3.07. The summed E-state index contributed by atoms with van der Waals surface area (Å²) in [6.45, 7) is 6.07. The molecule has 0 saturated carbocycles. The van der Waals surface area contributed by atoms with Gasteiger partial charge in [-0.1, -0.05) is 18.2 Å². The minimum atomic E-state index is -0.162. The summed E-state index contributed by atoms with van der Waals surface area (Å²) in [6, 6.07) is 7.48. The number of ketones is 1. The number of carbonyl (C=O) groups excluding carboxylic acids is 2. The third kappa shape index (κ3) is 3.05. The SMILES string of the molecule is CC(=O)c1ccccc1C(=O)N[C@@H]1C[C@H]2CO[C@@H](C)CN2C1. The Bertz CT molecular complexity index is 587. The lowest BCUT2D eigenvalue weighted by Gasteiger charge is -2.33. The fourth-order valence-electron chi connectivity index (χ4n) is 3.40. The van der Waals surface area contributed by atoms with Crippen molar-refractivity contribution < 1.29 is 14.3 Å². The highest BCUT2D eigenvalue weighted by molar-refractivity contribution is 6.07. The number of nitrogens with one attached hydrogen (secondary N) is 1. The summed E-state index contributed by atoms with van der Waals surface area (Å²) >= 11 is 0. The average Bonchev–Trinajstić information content (AvgIpc) is 2.88. The second-order valence-electron chi connectivity index (χ2n) is 6.26. The van der Waals surface area contributed by atoms with Crippen LogP contribution in [0.15, 0.2) is 24.3 Å². The van der Waals surface area contributed by atoms with Gasteiger partial charge in [-0.25, -0.2) is 0 Å². The van der Waals surface area contributed by atoms with E-state index in [1.165, 1.54) is 6.92 Å². The number of carbonyl (C=O) groups is 2. The van der Waals surface area contributed by atoms with Crippen molar-refractivity contribution in [3.8, 4) is 0 Å². The van der Waals surface area contributed by atoms with Crippen molar-refractivity contribution in [2.75, 3.05) is 19.7 Å². The highest BCUT2D eigenvalue weighted by Crippen LogP contribution is 2.23. The first-order chi connectivity index (χ1) is 10.5. The van der Waals surface area contributed by atoms with E-state index in [0.717, 1.165) is 26.1 Å². The molecular formula is C17H22N2O3. The first kappa shape index (κ1) is 15.2. The first-order valence-corrected chi connectivity index (χ1v) is 7.81. The van der Waals surface area contributed by atoms with E-state index in [1.54, 1.807) is 24.3 Å². The van der Waals surface area contributed by atoms with E-state index in [-0.39, 0.29) is 23.8 Å². The molecule has 5 nitrogen and oxygen atoms in total. The van der Waals surface area contributed by atoms with Crippen LogP contribution in [0.5, 0.6) is 0 Å². The van der Waals surface area contributed by atoms with Crippen LogP contribution in [-0.2, 0) is 4.74 Å². The van der Waals surface area contributed by atoms with Gasteiger partial charge in [0.15, 0.2) is 5.78 Å². The topological polar surface area (TPSA) is 58.6 Å². The Kier molecular flexibility index (Phi) is 4.27. The average molecular weight is 302 g/mol. The predicted molar refractivity (Wildman–Crippen MR) is 83.1 cm³/mol. The Hall–Kier alpha value is -1.72. The summed E-state index contributed by atoms with van der Waals surface area (Å²) < 4.78 is 5.68. The molecule has 1 N–H and O–H groups in total. The van der Waals surface area contributed by atoms with E-state index in [4.69, 9.17) is 4.74 Å². The summed E-state index contributed by atoms with van der Waals surface area (Å²) in [7, 11) is 0. The van der Waals surface area contributed by atoms with Crippen LogP contribution in [0.4, 0.5) is 0 Å². The molecule has 5 heteroatoms. The zero-order chi connectivity index (χ0) is 15.7. The minimum absolute atomic E-state index is 0.0863. The Morgan fingerprint density at radius 2 is 1.95 bits per heavy atom. The third-order valence-corrected chi connectivity index (χ3v) is 4.48. The molecule has 1 aromatic carbocycles. The lowest BCUT2D eigenvalue weighted by molar-refractivity contribution is -0.0390. The zero-order valence-corrected chi connectivity index (χ0v) is 13.0. The number of hydrogen-bond acceptors (Lipinski definition) is 4. The van der Waals surface area contributed by atoms with Crippen molar-refractivity contribution in [3.05, 3.63) is 35.4 Å². The van der Waals surface area contributed by atoms with Crippen molar-refractivity contribution >= 4 is 11.7 Å². The van der Waals surface area contributed by atoms with Gasteiger partial charge in [-0.15, -0.1) is 0 Å². The third-order valence-electron chi connectivity index (χ3n) is 4.48. The Morgan fingerprint density at radius 1 is 1.23 bits per heavy atom. The second kappa shape index (κ2) is 6.18. The number of morpholine rings is 1. The van der Waals surface area contributed by atoms with Gasteiger partial charge in [0.2, 0.25) is 0 Å². The molecule has 3 rings (SSSR count). The van der Waals surface area contributed by atoms with Gasteiger partial charge in [0.1, 0.15) is 0 Å². The van der Waals surface area contributed by atoms with Crippen LogP contribution < -0.4 is 5.32 Å². The fraction of sp³-hybridized carbons (Fsp3) is 0.529. The molecular weight excluding hydrogens is 280 g/mol. The largest absolute Gasteiger partial charge is 0.376 e. The minimum Gasteiger partial charge on any atom is -0.376 e. The van der Waals surface area contributed by atoms with Crippen LogP contribution in [0.1, 0.15) is 41.0 Å². The van der Waals surface area contributed by atoms with Gasteiger partial charge in [-0.2, -0.15) is 0 Å². The number of Topliss-reactive ketones (excluding diaryl/α,β-unsaturated/α-hetero) is 1. The smallest absolute Gasteiger partial charge is 0.252 e. The molecule has 2 fully saturated rings. The van der Waals surface area contributed by atoms with Gasteiger partial charge in [0.05, 0.1) is 18.3 Å². The molecule has 0 radical (unpaired) electrons. The summed E-state index contributed by atoms with van der Waals surface area (Å²) in [5.41, 5.74) is 0.942. The maximum absolute atomic E-state index is 12.5. The number of benzene rings is 1. The maximum Gasteiger partial charge on any atom is 0.252 e. The Balaban J connectivity index is 1.67. The molecule has 2 heterocycles. The Labute approximate surface area is 130 Å². The molecule has 0 spiro atoms. The first-order valence-electron chi connectivity index (χ1n) is 7.81. The number of nitrogens with zero attached hydrogens (tertiary/aromatic N) is 1. The quantitative estimate of drug-likeness (QED) is 0.859. The molecule has 0 unspecified atom stereocenters. The lowest BCUT2D eigenvalue weighted by Crippen LogP contribution is -2.45. The second-order valence-corrected chi connectivity index (χ2v) is 6.26. The molecule has 2 saturated heterocycles. The lowest BCUT2D eigenvalue weighted by atomic mass is 10.0. The van der Waals surface area contributed by atoms with Crippen molar-refractivity contribution in [1.82, 2.24) is 10.2 Å². The molecule has 0 aromatic heterocycles. The van der Waals surface area contributed by atoms with E-state index in [0.29, 0.717) is 17.2 Å². The Morgan fingerprint density at radius 3 is 2.68 bits per heavy atom. The normalized spacial score (nSPS) is 28.2. The van der Waals surface area contributed by atoms with Gasteiger partial charge in [-0.3, -0.25) is 14.5 Å². The molecule has 1 aromatic rings. The highest BCUT2D eigenvalue weighted by atomic mass is 16.5. The molecule has 2 aliphatic heterocycles. The molecule has 2 aliphatic rings. The number of rotatable bonds is 3. The molecule has 22 heavy (non-hydrogen) atoms. The monoisotopic (exact) mass is 302 g/mol. The highest BCUT2D eigenvalue weighted by Gasteiger charge is 2.36. The number of fused-ring (bicyclic) bond motifs is 1. The number of ether oxygens (including phenoxy) is 1. The van der Waals surface area contributed by atoms with E-state index in [9.17, 15) is 9.59 Å². The predicted octanol–water partition coefficient (Wildman–Crippen LogP) is 1.48. The van der Waals surface area contributed by atoms with Gasteiger partial charge in [0, 0.05) is 30.7 Å². The van der Waals surface area contributed by atoms with Gasteiger partial charge >= 0.3 is 0 Å². The molecule has 0 aliphatic carbocycles. The van der Waals surface area contributed by atoms with Gasteiger partial charge < -0.3 is 10.1 Å². The zero-order valence-electron chi connectivity index (χ0n) is 13.0.